The van der Waals surface area contributed by atoms with E-state index in [1.54, 1.807) is 0 Å². The van der Waals surface area contributed by atoms with Crippen LogP contribution in [-0.4, -0.2) is 18.5 Å². The molecular weight excluding hydrogens is 236 g/mol. The molecule has 1 rings (SSSR count). The lowest BCUT2D eigenvalue weighted by atomic mass is 10.0. The van der Waals surface area contributed by atoms with E-state index in [0.717, 1.165) is 30.1 Å². The zero-order chi connectivity index (χ0) is 15.7. The number of aldehydes is 1. The second-order valence-electron chi connectivity index (χ2n) is 3.50. The summed E-state index contributed by atoms with van der Waals surface area (Å²) in [6.07, 6.45) is 2.14. The van der Waals surface area contributed by atoms with Gasteiger partial charge in [-0.25, -0.2) is 0 Å². The number of allylic oxidation sites excluding steroid dienone is 2. The summed E-state index contributed by atoms with van der Waals surface area (Å²) < 4.78 is 0. The summed E-state index contributed by atoms with van der Waals surface area (Å²) in [4.78, 5) is 10.5. The number of rotatable bonds is 2. The maximum absolute atomic E-state index is 10.5. The van der Waals surface area contributed by atoms with E-state index in [1.165, 1.54) is 6.42 Å². The van der Waals surface area contributed by atoms with Crippen molar-refractivity contribution in [2.45, 2.75) is 48.0 Å². The van der Waals surface area contributed by atoms with E-state index < -0.39 is 0 Å². The van der Waals surface area contributed by atoms with Gasteiger partial charge >= 0.3 is 0 Å². The molecule has 0 unspecified atom stereocenters. The van der Waals surface area contributed by atoms with Gasteiger partial charge in [0.25, 0.3) is 0 Å². The fourth-order valence-electron chi connectivity index (χ4n) is 1.00. The van der Waals surface area contributed by atoms with Gasteiger partial charge in [-0.1, -0.05) is 64.4 Å². The fourth-order valence-corrected chi connectivity index (χ4v) is 1.00. The summed E-state index contributed by atoms with van der Waals surface area (Å²) in [5.41, 5.74) is 2.95. The average molecular weight is 266 g/mol. The predicted molar refractivity (Wildman–Crippen MR) is 86.2 cm³/mol. The van der Waals surface area contributed by atoms with E-state index >= 15 is 0 Å². The van der Waals surface area contributed by atoms with Crippen LogP contribution in [0.1, 0.15) is 53.5 Å². The highest BCUT2D eigenvalue weighted by Gasteiger charge is 1.97. The Bertz CT molecular complexity index is 313. The average Bonchev–Trinajstić information content (AvgIpc) is 2.51. The van der Waals surface area contributed by atoms with Crippen molar-refractivity contribution in [3.63, 3.8) is 0 Å². The summed E-state index contributed by atoms with van der Waals surface area (Å²) in [6.45, 7) is 12.0. The Labute approximate surface area is 119 Å². The first-order valence-electron chi connectivity index (χ1n) is 6.80. The summed E-state index contributed by atoms with van der Waals surface area (Å²) >= 11 is 0. The van der Waals surface area contributed by atoms with E-state index in [2.05, 4.69) is 13.8 Å². The molecule has 0 saturated heterocycles. The SMILES string of the molecule is C/C(C=O)=C(/C)c1ccccc1.CC.CCC.CO. The molecule has 0 bridgehead atoms. The largest absolute Gasteiger partial charge is 0.400 e. The monoisotopic (exact) mass is 266 g/mol. The third kappa shape index (κ3) is 12.8. The van der Waals surface area contributed by atoms with E-state index in [1.807, 2.05) is 58.0 Å². The van der Waals surface area contributed by atoms with Gasteiger partial charge in [-0.2, -0.15) is 0 Å². The maximum Gasteiger partial charge on any atom is 0.146 e. The van der Waals surface area contributed by atoms with Crippen molar-refractivity contribution in [2.75, 3.05) is 7.11 Å². The topological polar surface area (TPSA) is 37.3 Å². The third-order valence-corrected chi connectivity index (χ3v) is 1.98. The van der Waals surface area contributed by atoms with E-state index in [9.17, 15) is 4.79 Å². The molecular formula is C17H30O2. The molecule has 0 fully saturated rings. The molecule has 0 aliphatic heterocycles. The molecule has 0 aliphatic rings. The molecule has 110 valence electrons. The molecule has 1 aromatic rings. The number of hydrogen-bond donors (Lipinski definition) is 1. The van der Waals surface area contributed by atoms with Crippen LogP contribution in [0.5, 0.6) is 0 Å². The number of hydrogen-bond acceptors (Lipinski definition) is 2. The summed E-state index contributed by atoms with van der Waals surface area (Å²) in [5, 5.41) is 7.00. The molecule has 1 N–H and O–H groups in total. The zero-order valence-corrected chi connectivity index (χ0v) is 13.5. The molecule has 0 atom stereocenters. The van der Waals surface area contributed by atoms with Crippen LogP contribution in [-0.2, 0) is 4.79 Å². The Morgan fingerprint density at radius 2 is 1.42 bits per heavy atom. The number of carbonyl (C=O) groups is 1. The van der Waals surface area contributed by atoms with Gasteiger partial charge in [-0.05, 0) is 30.6 Å². The summed E-state index contributed by atoms with van der Waals surface area (Å²) in [6, 6.07) is 9.91. The van der Waals surface area contributed by atoms with E-state index in [-0.39, 0.29) is 0 Å². The van der Waals surface area contributed by atoms with E-state index in [0.29, 0.717) is 0 Å². The molecule has 1 aromatic carbocycles. The van der Waals surface area contributed by atoms with Crippen molar-refractivity contribution in [1.82, 2.24) is 0 Å². The molecule has 0 aliphatic carbocycles. The van der Waals surface area contributed by atoms with Crippen LogP contribution in [0.4, 0.5) is 0 Å². The van der Waals surface area contributed by atoms with Gasteiger partial charge in [-0.15, -0.1) is 0 Å². The van der Waals surface area contributed by atoms with Crippen molar-refractivity contribution < 1.29 is 9.90 Å². The molecule has 19 heavy (non-hydrogen) atoms. The van der Waals surface area contributed by atoms with Crippen molar-refractivity contribution >= 4 is 11.9 Å². The van der Waals surface area contributed by atoms with Gasteiger partial charge in [0, 0.05) is 7.11 Å². The lowest BCUT2D eigenvalue weighted by Gasteiger charge is -2.01. The minimum absolute atomic E-state index is 0.793. The molecule has 0 radical (unpaired) electrons. The van der Waals surface area contributed by atoms with Gasteiger partial charge in [0.15, 0.2) is 0 Å². The quantitative estimate of drug-likeness (QED) is 0.620. The Morgan fingerprint density at radius 3 is 1.74 bits per heavy atom. The number of carbonyl (C=O) groups excluding carboxylic acids is 1. The van der Waals surface area contributed by atoms with Crippen LogP contribution >= 0.6 is 0 Å². The van der Waals surface area contributed by atoms with Gasteiger partial charge in [0.1, 0.15) is 6.29 Å². The first kappa shape index (κ1) is 22.7. The number of benzene rings is 1. The minimum atomic E-state index is 0.793. The first-order chi connectivity index (χ1) is 9.17. The van der Waals surface area contributed by atoms with Gasteiger partial charge in [0.05, 0.1) is 0 Å². The lowest BCUT2D eigenvalue weighted by molar-refractivity contribution is -0.104. The zero-order valence-electron chi connectivity index (χ0n) is 13.5. The molecule has 0 heterocycles. The fraction of sp³-hybridized carbons (Fsp3) is 0.471. The van der Waals surface area contributed by atoms with Crippen LogP contribution in [0.3, 0.4) is 0 Å². The summed E-state index contributed by atoms with van der Waals surface area (Å²) in [5.74, 6) is 0. The lowest BCUT2D eigenvalue weighted by Crippen LogP contribution is -1.85. The molecule has 0 saturated carbocycles. The second-order valence-corrected chi connectivity index (χ2v) is 3.50. The molecule has 2 heteroatoms. The maximum atomic E-state index is 10.5. The van der Waals surface area contributed by atoms with E-state index in [4.69, 9.17) is 5.11 Å². The first-order valence-corrected chi connectivity index (χ1v) is 6.80. The highest BCUT2D eigenvalue weighted by atomic mass is 16.2. The minimum Gasteiger partial charge on any atom is -0.400 e. The molecule has 2 nitrogen and oxygen atoms in total. The highest BCUT2D eigenvalue weighted by molar-refractivity contribution is 5.86. The third-order valence-electron chi connectivity index (χ3n) is 1.98. The van der Waals surface area contributed by atoms with Crippen LogP contribution in [0.15, 0.2) is 35.9 Å². The van der Waals surface area contributed by atoms with Gasteiger partial charge in [0.2, 0.25) is 0 Å². The molecule has 0 aromatic heterocycles. The van der Waals surface area contributed by atoms with Crippen molar-refractivity contribution in [1.29, 1.82) is 0 Å². The number of aliphatic hydroxyl groups excluding tert-OH is 1. The smallest absolute Gasteiger partial charge is 0.146 e. The normalized spacial score (nSPS) is 9.26. The van der Waals surface area contributed by atoms with Crippen LogP contribution < -0.4 is 0 Å². The Morgan fingerprint density at radius 1 is 1.05 bits per heavy atom. The van der Waals surface area contributed by atoms with Gasteiger partial charge in [-0.3, -0.25) is 4.79 Å². The molecule has 0 spiro atoms. The van der Waals surface area contributed by atoms with Crippen LogP contribution in [0.25, 0.3) is 5.57 Å². The predicted octanol–water partition coefficient (Wildman–Crippen LogP) is 4.73. The summed E-state index contributed by atoms with van der Waals surface area (Å²) in [7, 11) is 1.00. The highest BCUT2D eigenvalue weighted by Crippen LogP contribution is 2.15. The second kappa shape index (κ2) is 18.9. The number of aliphatic hydroxyl groups is 1. The molecule has 0 amide bonds. The Kier molecular flexibility index (Phi) is 22.7. The standard InChI is InChI=1S/C11H12O.C3H8.C2H6.CH4O/c1-9(8-12)10(2)11-6-4-3-5-7-11;1-3-2;2*1-2/h3-8H,1-2H3;3H2,1-2H3;1-2H3;2H,1H3/b10-9+;;;. The van der Waals surface area contributed by atoms with Crippen LogP contribution in [0.2, 0.25) is 0 Å². The Hall–Kier alpha value is -1.41. The van der Waals surface area contributed by atoms with Gasteiger partial charge < -0.3 is 5.11 Å². The Balaban J connectivity index is -0.000000313. The van der Waals surface area contributed by atoms with Crippen LogP contribution in [0, 0.1) is 0 Å². The van der Waals surface area contributed by atoms with Crippen molar-refractivity contribution in [3.8, 4) is 0 Å². The van der Waals surface area contributed by atoms with Crippen molar-refractivity contribution in [3.05, 3.63) is 41.5 Å². The van der Waals surface area contributed by atoms with Crippen molar-refractivity contribution in [2.24, 2.45) is 0 Å².